The molecule has 0 aliphatic carbocycles. The number of benzene rings is 2. The Hall–Kier alpha value is -1.36. The summed E-state index contributed by atoms with van der Waals surface area (Å²) in [7, 11) is 0. The van der Waals surface area contributed by atoms with Crippen molar-refractivity contribution in [1.82, 2.24) is 0 Å². The molecule has 1 aliphatic rings. The van der Waals surface area contributed by atoms with Crippen LogP contribution in [0.5, 0.6) is 0 Å². The summed E-state index contributed by atoms with van der Waals surface area (Å²) in [5.41, 5.74) is 3.40. The fourth-order valence-electron chi connectivity index (χ4n) is 2.83. The largest absolute Gasteiger partial charge is 0.364 e. The number of aryl methyl sites for hydroxylation is 1. The van der Waals surface area contributed by atoms with E-state index in [2.05, 4.69) is 51.8 Å². The van der Waals surface area contributed by atoms with Gasteiger partial charge in [-0.3, -0.25) is 4.79 Å². The maximum atomic E-state index is 12.5. The summed E-state index contributed by atoms with van der Waals surface area (Å²) in [5, 5.41) is 0. The van der Waals surface area contributed by atoms with Crippen LogP contribution >= 0.6 is 22.6 Å². The van der Waals surface area contributed by atoms with Gasteiger partial charge in [0.25, 0.3) is 0 Å². The highest BCUT2D eigenvalue weighted by Crippen LogP contribution is 2.26. The molecular formula is C18H18INO. The summed E-state index contributed by atoms with van der Waals surface area (Å²) in [6.45, 7) is 1.44. The number of rotatable bonds is 3. The minimum Gasteiger partial charge on any atom is -0.364 e. The first kappa shape index (κ1) is 14.6. The van der Waals surface area contributed by atoms with Gasteiger partial charge in [0, 0.05) is 21.4 Å². The van der Waals surface area contributed by atoms with Gasteiger partial charge in [0.15, 0.2) is 5.78 Å². The van der Waals surface area contributed by atoms with Gasteiger partial charge in [-0.15, -0.1) is 0 Å². The maximum Gasteiger partial charge on any atom is 0.182 e. The van der Waals surface area contributed by atoms with Gasteiger partial charge in [-0.25, -0.2) is 0 Å². The van der Waals surface area contributed by atoms with Crippen LogP contribution in [0.15, 0.2) is 48.5 Å². The van der Waals surface area contributed by atoms with Crippen LogP contribution in [0, 0.1) is 3.57 Å². The highest BCUT2D eigenvalue weighted by atomic mass is 127. The number of Topliss-reactive ketones (excluding diaryl/α,β-unsaturated/α-hetero) is 1. The van der Waals surface area contributed by atoms with E-state index in [1.165, 1.54) is 17.7 Å². The number of anilines is 1. The number of hydrogen-bond acceptors (Lipinski definition) is 2. The molecule has 0 saturated heterocycles. The third-order valence-corrected chi connectivity index (χ3v) is 4.68. The summed E-state index contributed by atoms with van der Waals surface area (Å²) >= 11 is 2.26. The lowest BCUT2D eigenvalue weighted by Crippen LogP contribution is -2.30. The van der Waals surface area contributed by atoms with Crippen molar-refractivity contribution in [2.45, 2.75) is 19.3 Å². The third-order valence-electron chi connectivity index (χ3n) is 3.96. The first-order chi connectivity index (χ1) is 10.2. The number of fused-ring (bicyclic) bond motifs is 1. The Labute approximate surface area is 139 Å². The molecule has 0 spiro atoms. The summed E-state index contributed by atoms with van der Waals surface area (Å²) in [6.07, 6.45) is 3.46. The number of hydrogen-bond donors (Lipinski definition) is 0. The van der Waals surface area contributed by atoms with Gasteiger partial charge in [0.1, 0.15) is 0 Å². The standard InChI is InChI=1S/C18H18INO/c19-16-10-8-15(9-11-16)18(21)13-20-12-4-3-6-14-5-1-2-7-17(14)20/h1-2,5,7-11H,3-4,6,12-13H2. The van der Waals surface area contributed by atoms with Crippen LogP contribution in [-0.4, -0.2) is 18.9 Å². The Morgan fingerprint density at radius 1 is 1.05 bits per heavy atom. The zero-order valence-electron chi connectivity index (χ0n) is 11.9. The van der Waals surface area contributed by atoms with Crippen molar-refractivity contribution in [2.75, 3.05) is 18.0 Å². The van der Waals surface area contributed by atoms with Crippen LogP contribution < -0.4 is 4.90 Å². The number of para-hydroxylation sites is 1. The predicted octanol–water partition coefficient (Wildman–Crippen LogP) is 4.32. The average Bonchev–Trinajstić information content (AvgIpc) is 2.71. The lowest BCUT2D eigenvalue weighted by molar-refractivity contribution is 0.0999. The predicted molar refractivity (Wildman–Crippen MR) is 95.1 cm³/mol. The Morgan fingerprint density at radius 2 is 1.81 bits per heavy atom. The molecule has 2 aromatic rings. The van der Waals surface area contributed by atoms with Gasteiger partial charge < -0.3 is 4.90 Å². The van der Waals surface area contributed by atoms with Crippen LogP contribution in [0.3, 0.4) is 0 Å². The van der Waals surface area contributed by atoms with Crippen molar-refractivity contribution < 1.29 is 4.79 Å². The van der Waals surface area contributed by atoms with E-state index in [0.29, 0.717) is 6.54 Å². The van der Waals surface area contributed by atoms with E-state index in [-0.39, 0.29) is 5.78 Å². The average molecular weight is 391 g/mol. The van der Waals surface area contributed by atoms with Crippen molar-refractivity contribution in [3.05, 3.63) is 63.2 Å². The second-order valence-corrected chi connectivity index (χ2v) is 6.68. The zero-order chi connectivity index (χ0) is 14.7. The highest BCUT2D eigenvalue weighted by molar-refractivity contribution is 14.1. The second-order valence-electron chi connectivity index (χ2n) is 5.44. The number of carbonyl (C=O) groups is 1. The Balaban J connectivity index is 1.81. The monoisotopic (exact) mass is 391 g/mol. The van der Waals surface area contributed by atoms with Gasteiger partial charge in [-0.1, -0.05) is 30.3 Å². The zero-order valence-corrected chi connectivity index (χ0v) is 14.0. The molecule has 0 saturated carbocycles. The molecule has 0 radical (unpaired) electrons. The Bertz CT molecular complexity index is 636. The van der Waals surface area contributed by atoms with E-state index in [4.69, 9.17) is 0 Å². The number of carbonyl (C=O) groups excluding carboxylic acids is 1. The van der Waals surface area contributed by atoms with E-state index in [1.807, 2.05) is 24.3 Å². The van der Waals surface area contributed by atoms with Crippen molar-refractivity contribution in [1.29, 1.82) is 0 Å². The fourth-order valence-corrected chi connectivity index (χ4v) is 3.19. The first-order valence-corrected chi connectivity index (χ1v) is 8.43. The van der Waals surface area contributed by atoms with Crippen molar-refractivity contribution in [2.24, 2.45) is 0 Å². The SMILES string of the molecule is O=C(CN1CCCCc2ccccc21)c1ccc(I)cc1. The fraction of sp³-hybridized carbons (Fsp3) is 0.278. The Morgan fingerprint density at radius 3 is 2.62 bits per heavy atom. The minimum atomic E-state index is 0.197. The quantitative estimate of drug-likeness (QED) is 0.574. The highest BCUT2D eigenvalue weighted by Gasteiger charge is 2.18. The molecule has 1 heterocycles. The van der Waals surface area contributed by atoms with Crippen LogP contribution in [0.2, 0.25) is 0 Å². The van der Waals surface area contributed by atoms with E-state index in [9.17, 15) is 4.79 Å². The molecule has 2 aromatic carbocycles. The number of ketones is 1. The van der Waals surface area contributed by atoms with E-state index in [0.717, 1.165) is 28.5 Å². The molecule has 3 heteroatoms. The van der Waals surface area contributed by atoms with Crippen LogP contribution in [-0.2, 0) is 6.42 Å². The van der Waals surface area contributed by atoms with Gasteiger partial charge in [0.05, 0.1) is 6.54 Å². The topological polar surface area (TPSA) is 20.3 Å². The summed E-state index contributed by atoms with van der Waals surface area (Å²) in [5.74, 6) is 0.197. The summed E-state index contributed by atoms with van der Waals surface area (Å²) in [4.78, 5) is 14.7. The number of nitrogens with zero attached hydrogens (tertiary/aromatic N) is 1. The van der Waals surface area contributed by atoms with E-state index in [1.54, 1.807) is 0 Å². The molecule has 0 amide bonds. The molecule has 1 aliphatic heterocycles. The molecule has 0 unspecified atom stereocenters. The molecule has 21 heavy (non-hydrogen) atoms. The second kappa shape index (κ2) is 6.60. The molecule has 0 fully saturated rings. The summed E-state index contributed by atoms with van der Waals surface area (Å²) in [6, 6.07) is 16.3. The van der Waals surface area contributed by atoms with Gasteiger partial charge >= 0.3 is 0 Å². The molecule has 0 bridgehead atoms. The minimum absolute atomic E-state index is 0.197. The lowest BCUT2D eigenvalue weighted by atomic mass is 10.1. The molecule has 108 valence electrons. The molecule has 0 N–H and O–H groups in total. The molecule has 0 atom stereocenters. The Kier molecular flexibility index (Phi) is 4.58. The first-order valence-electron chi connectivity index (χ1n) is 7.35. The van der Waals surface area contributed by atoms with Gasteiger partial charge in [-0.05, 0) is 65.6 Å². The van der Waals surface area contributed by atoms with Gasteiger partial charge in [-0.2, -0.15) is 0 Å². The van der Waals surface area contributed by atoms with E-state index >= 15 is 0 Å². The third kappa shape index (κ3) is 3.46. The maximum absolute atomic E-state index is 12.5. The summed E-state index contributed by atoms with van der Waals surface area (Å²) < 4.78 is 1.16. The van der Waals surface area contributed by atoms with Crippen LogP contribution in [0.1, 0.15) is 28.8 Å². The van der Waals surface area contributed by atoms with Crippen LogP contribution in [0.4, 0.5) is 5.69 Å². The molecule has 3 rings (SSSR count). The normalized spacial score (nSPS) is 14.4. The number of halogens is 1. The lowest BCUT2D eigenvalue weighted by Gasteiger charge is -2.24. The van der Waals surface area contributed by atoms with E-state index < -0.39 is 0 Å². The molecule has 2 nitrogen and oxygen atoms in total. The van der Waals surface area contributed by atoms with Gasteiger partial charge in [0.2, 0.25) is 0 Å². The molecular weight excluding hydrogens is 373 g/mol. The van der Waals surface area contributed by atoms with Crippen molar-refractivity contribution in [3.8, 4) is 0 Å². The van der Waals surface area contributed by atoms with Crippen molar-refractivity contribution >= 4 is 34.1 Å². The molecule has 0 aromatic heterocycles. The smallest absolute Gasteiger partial charge is 0.182 e. The van der Waals surface area contributed by atoms with Crippen molar-refractivity contribution in [3.63, 3.8) is 0 Å². The van der Waals surface area contributed by atoms with Crippen LogP contribution in [0.25, 0.3) is 0 Å².